The van der Waals surface area contributed by atoms with E-state index >= 15 is 0 Å². The van der Waals surface area contributed by atoms with Gasteiger partial charge in [-0.3, -0.25) is 19.2 Å². The Labute approximate surface area is 157 Å². The lowest BCUT2D eigenvalue weighted by Gasteiger charge is -2.17. The highest BCUT2D eigenvalue weighted by atomic mass is 16.7. The van der Waals surface area contributed by atoms with Gasteiger partial charge in [-0.2, -0.15) is 0 Å². The molecular formula is C14H16N6O8. The van der Waals surface area contributed by atoms with E-state index < -0.39 is 48.2 Å². The zero-order valence-electron chi connectivity index (χ0n) is 14.5. The molecule has 2 amide bonds. The number of hydrogen-bond acceptors (Lipinski definition) is 8. The standard InChI is InChI=1S/C14H16N6O8/c15-19-17-9(21)1-3-11(23)27-7-5-25-14-8(6-26-13(7)14)28-12(24)4-2-10(22)18-20-16/h7-8,13-14H,1-6H2/t7-,8-,13-,14-/m1/s1. The van der Waals surface area contributed by atoms with Crippen LogP contribution in [0.4, 0.5) is 0 Å². The number of ether oxygens (including phenoxy) is 4. The minimum Gasteiger partial charge on any atom is -0.457 e. The van der Waals surface area contributed by atoms with Crippen molar-refractivity contribution in [2.45, 2.75) is 50.1 Å². The van der Waals surface area contributed by atoms with Gasteiger partial charge in [0.2, 0.25) is 11.8 Å². The third-order valence-electron chi connectivity index (χ3n) is 3.93. The van der Waals surface area contributed by atoms with Crippen LogP contribution >= 0.6 is 0 Å². The van der Waals surface area contributed by atoms with Crippen LogP contribution in [0.25, 0.3) is 20.9 Å². The summed E-state index contributed by atoms with van der Waals surface area (Å²) in [4.78, 5) is 50.4. The summed E-state index contributed by atoms with van der Waals surface area (Å²) in [6.07, 6.45) is -3.82. The Morgan fingerprint density at radius 2 is 1.18 bits per heavy atom. The van der Waals surface area contributed by atoms with E-state index in [0.29, 0.717) is 0 Å². The number of hydrogen-bond donors (Lipinski definition) is 0. The van der Waals surface area contributed by atoms with Crippen molar-refractivity contribution in [1.82, 2.24) is 0 Å². The molecule has 0 unspecified atom stereocenters. The molecule has 0 aromatic rings. The topological polar surface area (TPSA) is 203 Å². The maximum atomic E-state index is 11.8. The average Bonchev–Trinajstić information content (AvgIpc) is 3.22. The van der Waals surface area contributed by atoms with E-state index in [9.17, 15) is 19.2 Å². The smallest absolute Gasteiger partial charge is 0.306 e. The molecule has 0 aliphatic carbocycles. The summed E-state index contributed by atoms with van der Waals surface area (Å²) in [6.45, 7) is 0.0452. The highest BCUT2D eigenvalue weighted by Gasteiger charge is 2.51. The number of esters is 2. The Bertz CT molecular complexity index is 682. The first-order valence-electron chi connectivity index (χ1n) is 8.22. The van der Waals surface area contributed by atoms with Gasteiger partial charge >= 0.3 is 11.9 Å². The predicted octanol–water partition coefficient (Wildman–Crippen LogP) is 0.842. The third kappa shape index (κ3) is 5.93. The Morgan fingerprint density at radius 3 is 1.54 bits per heavy atom. The zero-order valence-corrected chi connectivity index (χ0v) is 14.5. The number of nitrogens with zero attached hydrogens (tertiary/aromatic N) is 6. The fourth-order valence-electron chi connectivity index (χ4n) is 2.70. The van der Waals surface area contributed by atoms with Crippen LogP contribution in [0.2, 0.25) is 0 Å². The number of carbonyl (C=O) groups is 4. The van der Waals surface area contributed by atoms with Gasteiger partial charge in [0.05, 0.1) is 26.1 Å². The molecule has 2 saturated heterocycles. The number of fused-ring (bicyclic) bond motifs is 1. The van der Waals surface area contributed by atoms with E-state index in [0.717, 1.165) is 0 Å². The van der Waals surface area contributed by atoms with E-state index in [2.05, 4.69) is 20.1 Å². The number of carbonyl (C=O) groups excluding carboxylic acids is 4. The summed E-state index contributed by atoms with van der Waals surface area (Å²) in [5, 5.41) is 5.69. The van der Waals surface area contributed by atoms with Gasteiger partial charge in [-0.05, 0) is 21.3 Å². The van der Waals surface area contributed by atoms with Crippen molar-refractivity contribution in [1.29, 1.82) is 0 Å². The lowest BCUT2D eigenvalue weighted by molar-refractivity contribution is -0.156. The third-order valence-corrected chi connectivity index (χ3v) is 3.93. The van der Waals surface area contributed by atoms with E-state index in [1.54, 1.807) is 0 Å². The van der Waals surface area contributed by atoms with E-state index in [1.165, 1.54) is 0 Å². The fourth-order valence-corrected chi connectivity index (χ4v) is 2.70. The van der Waals surface area contributed by atoms with Crippen LogP contribution in [-0.2, 0) is 38.1 Å². The van der Waals surface area contributed by atoms with Crippen LogP contribution in [-0.4, -0.2) is 61.4 Å². The minimum absolute atomic E-state index is 0.0226. The lowest BCUT2D eigenvalue weighted by atomic mass is 10.1. The van der Waals surface area contributed by atoms with E-state index in [1.807, 2.05) is 0 Å². The zero-order chi connectivity index (χ0) is 20.5. The molecule has 28 heavy (non-hydrogen) atoms. The highest BCUT2D eigenvalue weighted by molar-refractivity contribution is 5.82. The van der Waals surface area contributed by atoms with Gasteiger partial charge in [-0.15, -0.1) is 0 Å². The molecule has 0 aromatic carbocycles. The normalized spacial score (nSPS) is 25.0. The molecule has 2 aliphatic heterocycles. The van der Waals surface area contributed by atoms with Gasteiger partial charge in [0, 0.05) is 22.7 Å². The fraction of sp³-hybridized carbons (Fsp3) is 0.714. The van der Waals surface area contributed by atoms with Gasteiger partial charge in [0.25, 0.3) is 0 Å². The van der Waals surface area contributed by atoms with Gasteiger partial charge < -0.3 is 18.9 Å². The molecule has 0 bridgehead atoms. The lowest BCUT2D eigenvalue weighted by Crippen LogP contribution is -2.36. The van der Waals surface area contributed by atoms with Crippen molar-refractivity contribution in [2.75, 3.05) is 13.2 Å². The molecule has 14 nitrogen and oxygen atoms in total. The van der Waals surface area contributed by atoms with Crippen molar-refractivity contribution < 1.29 is 38.1 Å². The first-order chi connectivity index (χ1) is 13.4. The first kappa shape index (κ1) is 21.1. The quantitative estimate of drug-likeness (QED) is 0.248. The Morgan fingerprint density at radius 1 is 0.786 bits per heavy atom. The SMILES string of the molecule is [N-]=[N+]=NC(=O)CCC(=O)O[C@@H]1CO[C@H]2[C@@H]1OC[C@H]2OC(=O)CCC(=O)N=[N+]=[N-]. The minimum atomic E-state index is -0.775. The summed E-state index contributed by atoms with van der Waals surface area (Å²) in [6, 6.07) is 0. The molecule has 0 aromatic heterocycles. The number of amides is 2. The average molecular weight is 396 g/mol. The first-order valence-corrected chi connectivity index (χ1v) is 8.22. The van der Waals surface area contributed by atoms with E-state index in [4.69, 9.17) is 30.0 Å². The Kier molecular flexibility index (Phi) is 7.72. The molecule has 14 heteroatoms. The molecule has 4 atom stereocenters. The summed E-state index contributed by atoms with van der Waals surface area (Å²) < 4.78 is 21.4. The van der Waals surface area contributed by atoms with Gasteiger partial charge in [0.1, 0.15) is 12.2 Å². The summed E-state index contributed by atoms with van der Waals surface area (Å²) >= 11 is 0. The van der Waals surface area contributed by atoms with Crippen LogP contribution in [0.3, 0.4) is 0 Å². The molecule has 150 valence electrons. The molecule has 0 radical (unpaired) electrons. The maximum absolute atomic E-state index is 11.8. The summed E-state index contributed by atoms with van der Waals surface area (Å²) in [7, 11) is 0. The summed E-state index contributed by atoms with van der Waals surface area (Å²) in [5.41, 5.74) is 16.2. The molecule has 0 spiro atoms. The van der Waals surface area contributed by atoms with E-state index in [-0.39, 0.29) is 38.9 Å². The van der Waals surface area contributed by atoms with Gasteiger partial charge in [-0.1, -0.05) is 0 Å². The van der Waals surface area contributed by atoms with Crippen molar-refractivity contribution in [3.8, 4) is 0 Å². The largest absolute Gasteiger partial charge is 0.457 e. The molecule has 2 fully saturated rings. The van der Waals surface area contributed by atoms with Crippen LogP contribution in [0.15, 0.2) is 10.2 Å². The highest BCUT2D eigenvalue weighted by Crippen LogP contribution is 2.31. The molecule has 2 aliphatic rings. The molecule has 2 heterocycles. The van der Waals surface area contributed by atoms with Crippen molar-refractivity contribution in [2.24, 2.45) is 10.2 Å². The predicted molar refractivity (Wildman–Crippen MR) is 86.0 cm³/mol. The number of azide groups is 2. The Balaban J connectivity index is 1.77. The molecule has 0 N–H and O–H groups in total. The van der Waals surface area contributed by atoms with Gasteiger partial charge in [-0.25, -0.2) is 0 Å². The molecule has 2 rings (SSSR count). The van der Waals surface area contributed by atoms with Crippen LogP contribution in [0.5, 0.6) is 0 Å². The molecule has 0 saturated carbocycles. The second kappa shape index (κ2) is 10.2. The monoisotopic (exact) mass is 396 g/mol. The molecular weight excluding hydrogens is 380 g/mol. The second-order valence-electron chi connectivity index (χ2n) is 5.82. The van der Waals surface area contributed by atoms with Crippen molar-refractivity contribution in [3.63, 3.8) is 0 Å². The number of rotatable bonds is 8. The van der Waals surface area contributed by atoms with Crippen LogP contribution in [0.1, 0.15) is 25.7 Å². The van der Waals surface area contributed by atoms with Crippen LogP contribution < -0.4 is 0 Å². The summed E-state index contributed by atoms with van der Waals surface area (Å²) in [5.74, 6) is -2.92. The Hall–Kier alpha value is -3.18. The van der Waals surface area contributed by atoms with Gasteiger partial charge in [0.15, 0.2) is 12.2 Å². The van der Waals surface area contributed by atoms with Crippen molar-refractivity contribution >= 4 is 23.8 Å². The second-order valence-corrected chi connectivity index (χ2v) is 5.82. The van der Waals surface area contributed by atoms with Crippen LogP contribution in [0, 0.1) is 0 Å². The van der Waals surface area contributed by atoms with Crippen molar-refractivity contribution in [3.05, 3.63) is 20.9 Å². The maximum Gasteiger partial charge on any atom is 0.306 e.